The van der Waals surface area contributed by atoms with Gasteiger partial charge in [-0.15, -0.1) is 0 Å². The van der Waals surface area contributed by atoms with Crippen LogP contribution in [0.15, 0.2) is 53.3 Å². The molecule has 3 aliphatic carbocycles. The molecule has 3 aliphatic rings. The highest BCUT2D eigenvalue weighted by Crippen LogP contribution is 2.52. The van der Waals surface area contributed by atoms with Crippen molar-refractivity contribution in [1.82, 2.24) is 0 Å². The lowest BCUT2D eigenvalue weighted by Gasteiger charge is -2.46. The van der Waals surface area contributed by atoms with Gasteiger partial charge in [0.2, 0.25) is 5.78 Å². The molecule has 0 aliphatic heterocycles. The predicted molar refractivity (Wildman–Crippen MR) is 125 cm³/mol. The van der Waals surface area contributed by atoms with Crippen molar-refractivity contribution in [2.45, 2.75) is 37.7 Å². The average molecular weight is 493 g/mol. The Balaban J connectivity index is 1.54. The Morgan fingerprint density at radius 2 is 1.72 bits per heavy atom. The van der Waals surface area contributed by atoms with Gasteiger partial charge in [0.1, 0.15) is 28.7 Å². The Morgan fingerprint density at radius 1 is 1.03 bits per heavy atom. The fraction of sp³-hybridized carbons (Fsp3) is 0.296. The van der Waals surface area contributed by atoms with Gasteiger partial charge in [-0.1, -0.05) is 24.3 Å². The molecule has 5 rings (SSSR count). The maximum atomic E-state index is 13.5. The summed E-state index contributed by atoms with van der Waals surface area (Å²) in [5, 5.41) is 44.0. The molecule has 36 heavy (non-hydrogen) atoms. The van der Waals surface area contributed by atoms with E-state index in [-0.39, 0.29) is 42.0 Å². The van der Waals surface area contributed by atoms with Crippen LogP contribution in [0.5, 0.6) is 5.75 Å². The van der Waals surface area contributed by atoms with Gasteiger partial charge in [-0.3, -0.25) is 14.4 Å². The highest BCUT2D eigenvalue weighted by Gasteiger charge is 2.60. The molecule has 0 unspecified atom stereocenters. The van der Waals surface area contributed by atoms with E-state index in [0.717, 1.165) is 5.56 Å². The average Bonchev–Trinajstić information content (AvgIpc) is 2.81. The van der Waals surface area contributed by atoms with Crippen molar-refractivity contribution in [3.63, 3.8) is 0 Å². The lowest BCUT2D eigenvalue weighted by molar-refractivity contribution is -0.147. The molecule has 6 N–H and O–H groups in total. The molecule has 1 fully saturated rings. The van der Waals surface area contributed by atoms with Crippen LogP contribution in [0, 0.1) is 17.7 Å². The summed E-state index contributed by atoms with van der Waals surface area (Å²) in [6.07, 6.45) is 0.881. The fourth-order valence-corrected chi connectivity index (χ4v) is 5.77. The molecule has 0 saturated heterocycles. The van der Waals surface area contributed by atoms with Crippen LogP contribution in [0.3, 0.4) is 0 Å². The molecule has 2 aromatic rings. The summed E-state index contributed by atoms with van der Waals surface area (Å²) in [5.74, 6) is -6.75. The van der Waals surface area contributed by atoms with E-state index >= 15 is 0 Å². The first-order valence-electron chi connectivity index (χ1n) is 11.6. The third-order valence-corrected chi connectivity index (χ3v) is 7.62. The molecule has 8 nitrogen and oxygen atoms in total. The summed E-state index contributed by atoms with van der Waals surface area (Å²) in [5.41, 5.74) is 3.66. The second-order valence-corrected chi connectivity index (χ2v) is 9.64. The van der Waals surface area contributed by atoms with Crippen molar-refractivity contribution >= 4 is 23.2 Å². The number of aryl methyl sites for hydroxylation is 2. The van der Waals surface area contributed by atoms with Crippen LogP contribution < -0.4 is 5.73 Å². The van der Waals surface area contributed by atoms with E-state index in [1.54, 1.807) is 24.3 Å². The molecule has 3 atom stereocenters. The SMILES string of the molecule is NC(=O)C1=C(O)[C@@]2(O)C(=O)C3=C(O)c4c(ccc(CCc5ccc(F)cc5)c4O)C[C@H]3C[C@H]2CC1=O. The number of halogens is 1. The van der Waals surface area contributed by atoms with E-state index in [1.807, 2.05) is 0 Å². The Labute approximate surface area is 205 Å². The van der Waals surface area contributed by atoms with Crippen LogP contribution in [0.25, 0.3) is 5.76 Å². The first-order chi connectivity index (χ1) is 17.0. The second-order valence-electron chi connectivity index (χ2n) is 9.64. The zero-order chi connectivity index (χ0) is 25.9. The van der Waals surface area contributed by atoms with Gasteiger partial charge >= 0.3 is 0 Å². The van der Waals surface area contributed by atoms with Crippen molar-refractivity contribution in [1.29, 1.82) is 0 Å². The van der Waals surface area contributed by atoms with E-state index in [4.69, 9.17) is 5.73 Å². The monoisotopic (exact) mass is 493 g/mol. The summed E-state index contributed by atoms with van der Waals surface area (Å²) >= 11 is 0. The number of aliphatic hydroxyl groups excluding tert-OH is 2. The van der Waals surface area contributed by atoms with E-state index in [9.17, 15) is 39.2 Å². The van der Waals surface area contributed by atoms with Crippen LogP contribution in [-0.4, -0.2) is 43.5 Å². The second kappa shape index (κ2) is 8.30. The molecule has 0 spiro atoms. The minimum atomic E-state index is -2.58. The number of carbonyl (C=O) groups is 3. The van der Waals surface area contributed by atoms with Gasteiger partial charge in [0.25, 0.3) is 5.91 Å². The number of ketones is 2. The zero-order valence-corrected chi connectivity index (χ0v) is 19.1. The summed E-state index contributed by atoms with van der Waals surface area (Å²) in [7, 11) is 0. The number of hydrogen-bond donors (Lipinski definition) is 5. The molecular weight excluding hydrogens is 469 g/mol. The molecular formula is C27H24FNO7. The minimum Gasteiger partial charge on any atom is -0.508 e. The Kier molecular flexibility index (Phi) is 5.48. The smallest absolute Gasteiger partial charge is 0.255 e. The number of aliphatic hydroxyl groups is 3. The van der Waals surface area contributed by atoms with E-state index in [1.165, 1.54) is 12.1 Å². The summed E-state index contributed by atoms with van der Waals surface area (Å²) in [4.78, 5) is 37.6. The molecule has 2 aromatic carbocycles. The van der Waals surface area contributed by atoms with Crippen LogP contribution in [0.2, 0.25) is 0 Å². The number of benzene rings is 2. The third kappa shape index (κ3) is 3.42. The van der Waals surface area contributed by atoms with Crippen molar-refractivity contribution in [2.24, 2.45) is 17.6 Å². The maximum absolute atomic E-state index is 13.5. The first kappa shape index (κ1) is 23.7. The van der Waals surface area contributed by atoms with Crippen LogP contribution >= 0.6 is 0 Å². The molecule has 0 bridgehead atoms. The lowest BCUT2D eigenvalue weighted by atomic mass is 9.59. The number of phenolic OH excluding ortho intramolecular Hbond substituents is 1. The molecule has 1 saturated carbocycles. The lowest BCUT2D eigenvalue weighted by Crippen LogP contribution is -2.58. The van der Waals surface area contributed by atoms with Crippen LogP contribution in [-0.2, 0) is 33.6 Å². The Bertz CT molecular complexity index is 1390. The molecule has 0 heterocycles. The van der Waals surface area contributed by atoms with E-state index < -0.39 is 52.0 Å². The summed E-state index contributed by atoms with van der Waals surface area (Å²) in [6.45, 7) is 0. The third-order valence-electron chi connectivity index (χ3n) is 7.62. The Hall–Kier alpha value is -3.98. The number of aromatic hydroxyl groups is 1. The van der Waals surface area contributed by atoms with Crippen molar-refractivity contribution in [2.75, 3.05) is 0 Å². The largest absolute Gasteiger partial charge is 0.508 e. The van der Waals surface area contributed by atoms with Gasteiger partial charge in [0, 0.05) is 17.9 Å². The van der Waals surface area contributed by atoms with Gasteiger partial charge in [-0.25, -0.2) is 4.39 Å². The van der Waals surface area contributed by atoms with Gasteiger partial charge < -0.3 is 26.2 Å². The first-order valence-corrected chi connectivity index (χ1v) is 11.6. The zero-order valence-electron chi connectivity index (χ0n) is 19.1. The number of primary amides is 1. The fourth-order valence-electron chi connectivity index (χ4n) is 5.77. The number of phenols is 1. The van der Waals surface area contributed by atoms with Crippen molar-refractivity contribution in [3.8, 4) is 5.75 Å². The molecule has 186 valence electrons. The van der Waals surface area contributed by atoms with Gasteiger partial charge in [-0.2, -0.15) is 0 Å². The minimum absolute atomic E-state index is 0.0683. The molecule has 0 radical (unpaired) electrons. The highest BCUT2D eigenvalue weighted by molar-refractivity contribution is 6.22. The van der Waals surface area contributed by atoms with E-state index in [0.29, 0.717) is 24.0 Å². The number of fused-ring (bicyclic) bond motifs is 3. The summed E-state index contributed by atoms with van der Waals surface area (Å²) < 4.78 is 13.2. The quantitative estimate of drug-likeness (QED) is 0.409. The normalized spacial score (nSPS) is 25.4. The van der Waals surface area contributed by atoms with Gasteiger partial charge in [0.15, 0.2) is 11.4 Å². The topological polar surface area (TPSA) is 158 Å². The number of rotatable bonds is 4. The number of amides is 1. The molecule has 1 amide bonds. The van der Waals surface area contributed by atoms with Gasteiger partial charge in [0.05, 0.1) is 5.56 Å². The molecule has 0 aromatic heterocycles. The van der Waals surface area contributed by atoms with Crippen LogP contribution in [0.4, 0.5) is 4.39 Å². The highest BCUT2D eigenvalue weighted by atomic mass is 19.1. The van der Waals surface area contributed by atoms with E-state index in [2.05, 4.69) is 0 Å². The molecule has 9 heteroatoms. The number of nitrogens with two attached hydrogens (primary N) is 1. The number of Topliss-reactive ketones (excluding diaryl/α,β-unsaturated/α-hetero) is 2. The summed E-state index contributed by atoms with van der Waals surface area (Å²) in [6, 6.07) is 9.45. The van der Waals surface area contributed by atoms with Crippen molar-refractivity contribution in [3.05, 3.63) is 81.4 Å². The Morgan fingerprint density at radius 3 is 2.39 bits per heavy atom. The van der Waals surface area contributed by atoms with Crippen molar-refractivity contribution < 1.29 is 39.2 Å². The number of hydrogen-bond acceptors (Lipinski definition) is 7. The predicted octanol–water partition coefficient (Wildman–Crippen LogP) is 2.35. The van der Waals surface area contributed by atoms with Crippen LogP contribution in [0.1, 0.15) is 35.1 Å². The standard InChI is InChI=1S/C27H24FNO7/c28-17-7-2-12(3-8-17)1-4-13-5-6-14-9-15-10-16-11-18(30)21(26(29)35)25(34)27(16,36)24(33)20(15)23(32)19(14)22(13)31/h2-3,5-8,15-16,31-32,34,36H,1,4,9-11H2,(H2,29,35)/t15-,16-,27-/m0/s1. The van der Waals surface area contributed by atoms with Gasteiger partial charge in [-0.05, 0) is 60.4 Å². The number of carbonyl (C=O) groups excluding carboxylic acids is 3. The maximum Gasteiger partial charge on any atom is 0.255 e.